The second-order valence-electron chi connectivity index (χ2n) is 12.1. The number of rotatable bonds is 6. The molecular weight excluding hydrogens is 533 g/mol. The molecule has 42 heavy (non-hydrogen) atoms. The summed E-state index contributed by atoms with van der Waals surface area (Å²) in [6.45, 7) is 7.94. The van der Waals surface area contributed by atoms with Crippen LogP contribution in [0.3, 0.4) is 0 Å². The van der Waals surface area contributed by atoms with Crippen LogP contribution in [0.25, 0.3) is 27.7 Å². The lowest BCUT2D eigenvalue weighted by Gasteiger charge is -2.20. The summed E-state index contributed by atoms with van der Waals surface area (Å²) < 4.78 is 19.9. The van der Waals surface area contributed by atoms with Gasteiger partial charge in [-0.25, -0.2) is 9.37 Å². The highest BCUT2D eigenvalue weighted by atomic mass is 19.1. The molecule has 0 amide bonds. The van der Waals surface area contributed by atoms with E-state index in [1.807, 2.05) is 57.6 Å². The van der Waals surface area contributed by atoms with Crippen molar-refractivity contribution < 1.29 is 4.39 Å². The van der Waals surface area contributed by atoms with Gasteiger partial charge in [0, 0.05) is 60.7 Å². The molecule has 4 aromatic heterocycles. The van der Waals surface area contributed by atoms with Crippen LogP contribution in [-0.2, 0) is 25.9 Å². The molecule has 1 fully saturated rings. The van der Waals surface area contributed by atoms with E-state index in [1.165, 1.54) is 21.5 Å². The minimum Gasteiger partial charge on any atom is -0.334 e. The number of aryl methyl sites for hydroxylation is 2. The summed E-state index contributed by atoms with van der Waals surface area (Å²) in [6.07, 6.45) is 7.69. The molecule has 1 saturated carbocycles. The van der Waals surface area contributed by atoms with Gasteiger partial charge in [-0.2, -0.15) is 14.9 Å². The summed E-state index contributed by atoms with van der Waals surface area (Å²) in [5.41, 5.74) is 3.56. The summed E-state index contributed by atoms with van der Waals surface area (Å²) in [5.74, 6) is 0.878. The Morgan fingerprint density at radius 3 is 2.52 bits per heavy atom. The Morgan fingerprint density at radius 2 is 1.83 bits per heavy atom. The lowest BCUT2D eigenvalue weighted by Crippen LogP contribution is -2.25. The average molecular weight is 568 g/mol. The van der Waals surface area contributed by atoms with Crippen LogP contribution in [0, 0.1) is 5.82 Å². The monoisotopic (exact) mass is 567 g/mol. The maximum absolute atomic E-state index is 15.3. The molecule has 1 N–H and O–H groups in total. The van der Waals surface area contributed by atoms with Gasteiger partial charge in [0.2, 0.25) is 0 Å². The zero-order valence-corrected chi connectivity index (χ0v) is 24.7. The highest BCUT2D eigenvalue weighted by Crippen LogP contribution is 2.40. The third-order valence-corrected chi connectivity index (χ3v) is 7.96. The van der Waals surface area contributed by atoms with E-state index in [0.29, 0.717) is 35.0 Å². The number of halogens is 1. The van der Waals surface area contributed by atoms with Gasteiger partial charge in [-0.3, -0.25) is 14.3 Å². The van der Waals surface area contributed by atoms with Crippen molar-refractivity contribution in [1.82, 2.24) is 29.1 Å². The zero-order chi connectivity index (χ0) is 29.9. The van der Waals surface area contributed by atoms with Gasteiger partial charge < -0.3 is 9.88 Å². The number of hydrogen-bond acceptors (Lipinski definition) is 6. The number of benzene rings is 1. The van der Waals surface area contributed by atoms with Crippen molar-refractivity contribution in [2.24, 2.45) is 14.1 Å². The fourth-order valence-electron chi connectivity index (χ4n) is 5.49. The average Bonchev–Trinajstić information content (AvgIpc) is 3.72. The third kappa shape index (κ3) is 4.80. The van der Waals surface area contributed by atoms with Gasteiger partial charge in [0.15, 0.2) is 11.6 Å². The van der Waals surface area contributed by atoms with Gasteiger partial charge in [0.1, 0.15) is 11.5 Å². The van der Waals surface area contributed by atoms with E-state index in [4.69, 9.17) is 0 Å². The number of aromatic nitrogens is 6. The van der Waals surface area contributed by atoms with Crippen molar-refractivity contribution in [2.45, 2.75) is 58.3 Å². The number of nitrogens with one attached hydrogen (secondary N) is 1. The summed E-state index contributed by atoms with van der Waals surface area (Å²) in [6, 6.07) is 8.87. The van der Waals surface area contributed by atoms with E-state index in [2.05, 4.69) is 20.5 Å². The van der Waals surface area contributed by atoms with Gasteiger partial charge >= 0.3 is 0 Å². The predicted octanol–water partition coefficient (Wildman–Crippen LogP) is 5.50. The van der Waals surface area contributed by atoms with Gasteiger partial charge in [-0.1, -0.05) is 27.7 Å². The van der Waals surface area contributed by atoms with Gasteiger partial charge in [0.25, 0.3) is 11.1 Å². The number of hydrogen-bond donors (Lipinski definition) is 1. The molecule has 1 aliphatic carbocycles. The molecule has 10 heteroatoms. The first-order chi connectivity index (χ1) is 20.0. The van der Waals surface area contributed by atoms with E-state index < -0.39 is 11.4 Å². The number of anilines is 2. The first-order valence-corrected chi connectivity index (χ1v) is 14.2. The first kappa shape index (κ1) is 27.6. The van der Waals surface area contributed by atoms with Crippen LogP contribution < -0.4 is 16.4 Å². The number of nitrogens with zero attached hydrogens (tertiary/aromatic N) is 6. The maximum atomic E-state index is 15.3. The second-order valence-corrected chi connectivity index (χ2v) is 12.1. The van der Waals surface area contributed by atoms with Gasteiger partial charge in [-0.05, 0) is 60.1 Å². The summed E-state index contributed by atoms with van der Waals surface area (Å²) >= 11 is 0. The standard InChI is InChI=1S/C32H34FN7O2/c1-7-22-23(20-13-25(30(41)38(5)17-20)36-27-15-26(18-8-9-18)39(6)37-27)10-11-34-29(22)40-31(42)28-19(16-35-40)12-21(14-24(28)33)32(2,3)4/h10-18H,7-9H2,1-6H3,(H,36,37). The van der Waals surface area contributed by atoms with E-state index in [9.17, 15) is 9.59 Å². The molecule has 0 aliphatic heterocycles. The predicted molar refractivity (Wildman–Crippen MR) is 162 cm³/mol. The normalized spacial score (nSPS) is 13.6. The maximum Gasteiger partial charge on any atom is 0.283 e. The first-order valence-electron chi connectivity index (χ1n) is 14.2. The molecule has 0 spiro atoms. The second kappa shape index (κ2) is 10.0. The highest BCUT2D eigenvalue weighted by Gasteiger charge is 2.27. The molecular formula is C32H34FN7O2. The molecule has 0 unspecified atom stereocenters. The third-order valence-electron chi connectivity index (χ3n) is 7.96. The Kier molecular flexibility index (Phi) is 6.59. The fraction of sp³-hybridized carbons (Fsp3) is 0.344. The van der Waals surface area contributed by atoms with Crippen molar-refractivity contribution in [3.8, 4) is 16.9 Å². The van der Waals surface area contributed by atoms with Crippen LogP contribution in [0.1, 0.15) is 63.3 Å². The smallest absolute Gasteiger partial charge is 0.283 e. The molecule has 4 heterocycles. The summed E-state index contributed by atoms with van der Waals surface area (Å²) in [4.78, 5) is 31.2. The molecule has 0 atom stereocenters. The van der Waals surface area contributed by atoms with Crippen LogP contribution in [0.15, 0.2) is 58.5 Å². The molecule has 0 bridgehead atoms. The molecule has 6 rings (SSSR count). The summed E-state index contributed by atoms with van der Waals surface area (Å²) in [7, 11) is 3.61. The number of pyridine rings is 2. The molecule has 1 aromatic carbocycles. The Morgan fingerprint density at radius 1 is 1.07 bits per heavy atom. The minimum absolute atomic E-state index is 0.0261. The molecule has 216 valence electrons. The van der Waals surface area contributed by atoms with Gasteiger partial charge in [-0.15, -0.1) is 0 Å². The van der Waals surface area contributed by atoms with Crippen molar-refractivity contribution in [1.29, 1.82) is 0 Å². The minimum atomic E-state index is -0.582. The highest BCUT2D eigenvalue weighted by molar-refractivity contribution is 5.83. The SMILES string of the molecule is CCc1c(-c2cc(Nc3cc(C4CC4)n(C)n3)c(=O)n(C)c2)ccnc1-n1ncc2cc(C(C)(C)C)cc(F)c2c1=O. The molecule has 0 saturated heterocycles. The fourth-order valence-corrected chi connectivity index (χ4v) is 5.49. The van der Waals surface area contributed by atoms with Gasteiger partial charge in [0.05, 0.1) is 11.6 Å². The zero-order valence-electron chi connectivity index (χ0n) is 24.7. The lowest BCUT2D eigenvalue weighted by molar-refractivity contribution is 0.576. The quantitative estimate of drug-likeness (QED) is 0.291. The summed E-state index contributed by atoms with van der Waals surface area (Å²) in [5, 5.41) is 12.6. The van der Waals surface area contributed by atoms with Crippen LogP contribution in [0.2, 0.25) is 0 Å². The van der Waals surface area contributed by atoms with E-state index >= 15 is 4.39 Å². The van der Waals surface area contributed by atoms with Crippen LogP contribution in [0.4, 0.5) is 15.9 Å². The Bertz CT molecular complexity index is 1980. The van der Waals surface area contributed by atoms with Crippen LogP contribution in [-0.4, -0.2) is 29.1 Å². The largest absolute Gasteiger partial charge is 0.334 e. The van der Waals surface area contributed by atoms with Crippen LogP contribution in [0.5, 0.6) is 0 Å². The van der Waals surface area contributed by atoms with Crippen molar-refractivity contribution in [3.63, 3.8) is 0 Å². The lowest BCUT2D eigenvalue weighted by atomic mass is 9.86. The Balaban J connectivity index is 1.45. The van der Waals surface area contributed by atoms with E-state index in [-0.39, 0.29) is 16.4 Å². The van der Waals surface area contributed by atoms with Crippen molar-refractivity contribution >= 4 is 22.3 Å². The van der Waals surface area contributed by atoms with Crippen molar-refractivity contribution in [3.05, 3.63) is 92.3 Å². The number of fused-ring (bicyclic) bond motifs is 1. The Labute approximate surface area is 242 Å². The molecule has 9 nitrogen and oxygen atoms in total. The molecule has 5 aromatic rings. The Hall–Kier alpha value is -4.60. The van der Waals surface area contributed by atoms with E-state index in [0.717, 1.165) is 40.8 Å². The molecule has 1 aliphatic rings. The molecule has 0 radical (unpaired) electrons. The van der Waals surface area contributed by atoms with Crippen LogP contribution >= 0.6 is 0 Å². The van der Waals surface area contributed by atoms with Crippen molar-refractivity contribution in [2.75, 3.05) is 5.32 Å². The topological polar surface area (TPSA) is 99.6 Å². The van der Waals surface area contributed by atoms with E-state index in [1.54, 1.807) is 25.5 Å².